The first-order valence-electron chi connectivity index (χ1n) is 8.44. The van der Waals surface area contributed by atoms with Crippen molar-refractivity contribution in [1.82, 2.24) is 9.62 Å². The molecule has 0 bridgehead atoms. The molecule has 1 saturated heterocycles. The number of carbonyl (C=O) groups is 1. The third-order valence-electron chi connectivity index (χ3n) is 4.46. The van der Waals surface area contributed by atoms with E-state index in [9.17, 15) is 13.2 Å². The fourth-order valence-corrected chi connectivity index (χ4v) is 4.38. The first-order valence-corrected chi connectivity index (χ1v) is 9.88. The smallest absolute Gasteiger partial charge is 0.243 e. The lowest BCUT2D eigenvalue weighted by Gasteiger charge is -2.25. The monoisotopic (exact) mass is 336 g/mol. The van der Waals surface area contributed by atoms with E-state index in [1.54, 1.807) is 16.4 Å². The van der Waals surface area contributed by atoms with E-state index >= 15 is 0 Å². The third kappa shape index (κ3) is 4.32. The molecular weight excluding hydrogens is 312 g/mol. The second-order valence-corrected chi connectivity index (χ2v) is 8.39. The lowest BCUT2D eigenvalue weighted by Crippen LogP contribution is -2.35. The van der Waals surface area contributed by atoms with E-state index in [0.717, 1.165) is 37.7 Å². The van der Waals surface area contributed by atoms with Gasteiger partial charge in [0.15, 0.2) is 0 Å². The minimum absolute atomic E-state index is 0.0810. The minimum atomic E-state index is -3.36. The van der Waals surface area contributed by atoms with Crippen LogP contribution in [0.25, 0.3) is 0 Å². The Morgan fingerprint density at radius 2 is 1.74 bits per heavy atom. The number of carbonyl (C=O) groups excluding carboxylic acids is 1. The number of nitrogens with zero attached hydrogens (tertiary/aromatic N) is 1. The van der Waals surface area contributed by atoms with Crippen LogP contribution >= 0.6 is 0 Å². The van der Waals surface area contributed by atoms with Gasteiger partial charge in [-0.3, -0.25) is 4.79 Å². The van der Waals surface area contributed by atoms with Gasteiger partial charge in [-0.15, -0.1) is 0 Å². The maximum Gasteiger partial charge on any atom is 0.243 e. The molecule has 3 rings (SSSR count). The summed E-state index contributed by atoms with van der Waals surface area (Å²) in [4.78, 5) is 12.0. The van der Waals surface area contributed by atoms with E-state index in [0.29, 0.717) is 36.9 Å². The second-order valence-electron chi connectivity index (χ2n) is 6.45. The molecule has 2 fully saturated rings. The van der Waals surface area contributed by atoms with Gasteiger partial charge in [-0.25, -0.2) is 8.42 Å². The predicted octanol–water partition coefficient (Wildman–Crippen LogP) is 2.07. The van der Waals surface area contributed by atoms with Crippen molar-refractivity contribution >= 4 is 15.9 Å². The molecule has 1 aliphatic carbocycles. The van der Waals surface area contributed by atoms with Crippen molar-refractivity contribution in [2.45, 2.75) is 55.9 Å². The molecule has 0 aromatic heterocycles. The molecular formula is C17H24N2O3S. The van der Waals surface area contributed by atoms with Crippen LogP contribution in [0.4, 0.5) is 0 Å². The fourth-order valence-electron chi connectivity index (χ4n) is 2.87. The number of benzene rings is 1. The summed E-state index contributed by atoms with van der Waals surface area (Å²) < 4.78 is 26.7. The standard InChI is InChI=1S/C17H24N2O3S/c20-17(18-15-7-8-15)11-6-14-4-9-16(10-5-14)23(21,22)19-12-2-1-3-13-19/h4-5,9-10,15H,1-3,6-8,11-13H2,(H,18,20). The number of nitrogens with one attached hydrogen (secondary N) is 1. The van der Waals surface area contributed by atoms with Crippen molar-refractivity contribution in [2.24, 2.45) is 0 Å². The van der Waals surface area contributed by atoms with Crippen molar-refractivity contribution in [3.05, 3.63) is 29.8 Å². The van der Waals surface area contributed by atoms with E-state index in [2.05, 4.69) is 5.32 Å². The van der Waals surface area contributed by atoms with Gasteiger partial charge in [0.2, 0.25) is 15.9 Å². The average Bonchev–Trinajstić information content (AvgIpc) is 3.38. The first-order chi connectivity index (χ1) is 11.1. The lowest BCUT2D eigenvalue weighted by molar-refractivity contribution is -0.121. The van der Waals surface area contributed by atoms with E-state index < -0.39 is 10.0 Å². The van der Waals surface area contributed by atoms with Gasteiger partial charge in [0.25, 0.3) is 0 Å². The quantitative estimate of drug-likeness (QED) is 0.865. The molecule has 0 radical (unpaired) electrons. The van der Waals surface area contributed by atoms with Crippen LogP contribution in [-0.4, -0.2) is 37.8 Å². The van der Waals surface area contributed by atoms with Crippen molar-refractivity contribution in [2.75, 3.05) is 13.1 Å². The van der Waals surface area contributed by atoms with E-state index in [1.165, 1.54) is 0 Å². The topological polar surface area (TPSA) is 66.5 Å². The molecule has 23 heavy (non-hydrogen) atoms. The van der Waals surface area contributed by atoms with Gasteiger partial charge in [0.05, 0.1) is 4.90 Å². The van der Waals surface area contributed by atoms with Gasteiger partial charge in [-0.1, -0.05) is 18.6 Å². The normalized spacial score (nSPS) is 19.5. The highest BCUT2D eigenvalue weighted by Gasteiger charge is 2.26. The molecule has 2 aliphatic rings. The van der Waals surface area contributed by atoms with Crippen LogP contribution in [0.1, 0.15) is 44.1 Å². The molecule has 0 spiro atoms. The van der Waals surface area contributed by atoms with Crippen molar-refractivity contribution in [1.29, 1.82) is 0 Å². The van der Waals surface area contributed by atoms with Crippen LogP contribution in [0.2, 0.25) is 0 Å². The number of sulfonamides is 1. The summed E-state index contributed by atoms with van der Waals surface area (Å²) >= 11 is 0. The molecule has 1 aromatic carbocycles. The van der Waals surface area contributed by atoms with Crippen molar-refractivity contribution in [3.8, 4) is 0 Å². The Morgan fingerprint density at radius 3 is 2.35 bits per heavy atom. The molecule has 1 amide bonds. The van der Waals surface area contributed by atoms with E-state index in [4.69, 9.17) is 0 Å². The minimum Gasteiger partial charge on any atom is -0.353 e. The van der Waals surface area contributed by atoms with Crippen molar-refractivity contribution in [3.63, 3.8) is 0 Å². The number of hydrogen-bond donors (Lipinski definition) is 1. The highest BCUT2D eigenvalue weighted by Crippen LogP contribution is 2.21. The predicted molar refractivity (Wildman–Crippen MR) is 88.5 cm³/mol. The van der Waals surface area contributed by atoms with Crippen LogP contribution in [0.5, 0.6) is 0 Å². The molecule has 1 aromatic rings. The van der Waals surface area contributed by atoms with Crippen LogP contribution in [-0.2, 0) is 21.2 Å². The molecule has 0 unspecified atom stereocenters. The summed E-state index contributed by atoms with van der Waals surface area (Å²) in [5.41, 5.74) is 0.994. The highest BCUT2D eigenvalue weighted by molar-refractivity contribution is 7.89. The van der Waals surface area contributed by atoms with Crippen LogP contribution in [0.3, 0.4) is 0 Å². The van der Waals surface area contributed by atoms with Crippen LogP contribution in [0.15, 0.2) is 29.2 Å². The summed E-state index contributed by atoms with van der Waals surface area (Å²) in [6.45, 7) is 1.23. The van der Waals surface area contributed by atoms with Crippen LogP contribution < -0.4 is 5.32 Å². The molecule has 126 valence electrons. The summed E-state index contributed by atoms with van der Waals surface area (Å²) in [6, 6.07) is 7.36. The van der Waals surface area contributed by atoms with Gasteiger partial charge in [0, 0.05) is 25.6 Å². The molecule has 1 N–H and O–H groups in total. The molecule has 6 heteroatoms. The first kappa shape index (κ1) is 16.5. The summed E-state index contributed by atoms with van der Waals surface area (Å²) in [5, 5.41) is 2.96. The summed E-state index contributed by atoms with van der Waals surface area (Å²) in [6.07, 6.45) is 6.26. The Hall–Kier alpha value is -1.40. The Morgan fingerprint density at radius 1 is 1.09 bits per heavy atom. The number of amides is 1. The average molecular weight is 336 g/mol. The number of piperidine rings is 1. The third-order valence-corrected chi connectivity index (χ3v) is 6.37. The summed E-state index contributed by atoms with van der Waals surface area (Å²) in [5.74, 6) is 0.0810. The molecule has 1 aliphatic heterocycles. The Balaban J connectivity index is 1.58. The van der Waals surface area contributed by atoms with Gasteiger partial charge < -0.3 is 5.32 Å². The molecule has 1 saturated carbocycles. The summed E-state index contributed by atoms with van der Waals surface area (Å²) in [7, 11) is -3.36. The molecule has 1 heterocycles. The Kier molecular flexibility index (Phi) is 5.02. The zero-order valence-corrected chi connectivity index (χ0v) is 14.1. The number of rotatable bonds is 6. The van der Waals surface area contributed by atoms with Gasteiger partial charge in [-0.2, -0.15) is 4.31 Å². The Bertz CT molecular complexity index is 645. The van der Waals surface area contributed by atoms with Gasteiger partial charge in [-0.05, 0) is 49.8 Å². The lowest BCUT2D eigenvalue weighted by atomic mass is 10.1. The maximum atomic E-state index is 12.6. The largest absolute Gasteiger partial charge is 0.353 e. The second kappa shape index (κ2) is 7.01. The zero-order chi connectivity index (χ0) is 16.3. The SMILES string of the molecule is O=C(CCc1ccc(S(=O)(=O)N2CCCCC2)cc1)NC1CC1. The van der Waals surface area contributed by atoms with Gasteiger partial charge >= 0.3 is 0 Å². The highest BCUT2D eigenvalue weighted by atomic mass is 32.2. The Labute approximate surface area is 138 Å². The van der Waals surface area contributed by atoms with Crippen molar-refractivity contribution < 1.29 is 13.2 Å². The maximum absolute atomic E-state index is 12.6. The number of aryl methyl sites for hydroxylation is 1. The zero-order valence-electron chi connectivity index (χ0n) is 13.3. The number of hydrogen-bond acceptors (Lipinski definition) is 3. The van der Waals surface area contributed by atoms with E-state index in [1.807, 2.05) is 12.1 Å². The van der Waals surface area contributed by atoms with Gasteiger partial charge in [0.1, 0.15) is 0 Å². The van der Waals surface area contributed by atoms with E-state index in [-0.39, 0.29) is 5.91 Å². The van der Waals surface area contributed by atoms with Crippen LogP contribution in [0, 0.1) is 0 Å². The molecule has 0 atom stereocenters. The molecule has 5 nitrogen and oxygen atoms in total. The fraction of sp³-hybridized carbons (Fsp3) is 0.588.